The van der Waals surface area contributed by atoms with Crippen molar-refractivity contribution >= 4 is 40.7 Å². The summed E-state index contributed by atoms with van der Waals surface area (Å²) in [6, 6.07) is 9.86. The van der Waals surface area contributed by atoms with E-state index < -0.39 is 24.2 Å². The molecule has 2 aromatic rings. The second kappa shape index (κ2) is 16.3. The summed E-state index contributed by atoms with van der Waals surface area (Å²) in [5, 5.41) is 23.6. The molecule has 226 valence electrons. The maximum Gasteiger partial charge on any atom is 0.247 e. The Bertz CT molecular complexity index is 1310. The van der Waals surface area contributed by atoms with Crippen LogP contribution in [0.25, 0.3) is 0 Å². The highest BCUT2D eigenvalue weighted by Gasteiger charge is 2.40. The molecule has 0 radical (unpaired) electrons. The third kappa shape index (κ3) is 8.55. The van der Waals surface area contributed by atoms with E-state index in [2.05, 4.69) is 5.32 Å². The first kappa shape index (κ1) is 33.1. The van der Waals surface area contributed by atoms with E-state index in [1.165, 1.54) is 25.3 Å². The summed E-state index contributed by atoms with van der Waals surface area (Å²) in [6.07, 6.45) is 4.40. The van der Waals surface area contributed by atoms with Gasteiger partial charge in [-0.05, 0) is 77.4 Å². The largest absolute Gasteiger partial charge is 0.497 e. The van der Waals surface area contributed by atoms with E-state index in [-0.39, 0.29) is 37.8 Å². The Balaban J connectivity index is 2.01. The first-order chi connectivity index (χ1) is 20.3. The molecular weight excluding hydrogens is 655 g/mol. The topological polar surface area (TPSA) is 135 Å². The Kier molecular flexibility index (Phi) is 12.8. The van der Waals surface area contributed by atoms with Crippen LogP contribution in [0, 0.1) is 3.57 Å². The van der Waals surface area contributed by atoms with Gasteiger partial charge >= 0.3 is 0 Å². The van der Waals surface area contributed by atoms with Crippen LogP contribution in [0.15, 0.2) is 60.2 Å². The quantitative estimate of drug-likeness (QED) is 0.156. The van der Waals surface area contributed by atoms with E-state index in [4.69, 9.17) is 14.2 Å². The number of carbonyl (C=O) groups is 3. The van der Waals surface area contributed by atoms with Crippen molar-refractivity contribution in [2.45, 2.75) is 44.4 Å². The number of benzene rings is 2. The molecule has 11 heteroatoms. The zero-order chi connectivity index (χ0) is 30.6. The molecule has 2 aromatic carbocycles. The molecule has 0 aliphatic heterocycles. The number of amides is 2. The maximum absolute atomic E-state index is 13.5. The minimum absolute atomic E-state index is 0.0471. The number of aliphatic hydroxyl groups excluding tert-OH is 2. The Morgan fingerprint density at radius 1 is 1.19 bits per heavy atom. The van der Waals surface area contributed by atoms with Crippen molar-refractivity contribution in [3.05, 3.63) is 74.9 Å². The first-order valence-corrected chi connectivity index (χ1v) is 14.7. The molecule has 0 spiro atoms. The van der Waals surface area contributed by atoms with Gasteiger partial charge in [-0.15, -0.1) is 0 Å². The fraction of sp³-hybridized carbons (Fsp3) is 0.387. The molecule has 0 bridgehead atoms. The summed E-state index contributed by atoms with van der Waals surface area (Å²) in [6.45, 7) is 1.98. The van der Waals surface area contributed by atoms with E-state index in [1.807, 2.05) is 53.8 Å². The Labute approximate surface area is 259 Å². The molecule has 0 unspecified atom stereocenters. The van der Waals surface area contributed by atoms with Crippen molar-refractivity contribution < 1.29 is 38.8 Å². The minimum Gasteiger partial charge on any atom is -0.497 e. The average Bonchev–Trinajstić information content (AvgIpc) is 3.00. The molecule has 1 aliphatic carbocycles. The van der Waals surface area contributed by atoms with Crippen molar-refractivity contribution in [2.24, 2.45) is 0 Å². The molecule has 1 aliphatic rings. The number of rotatable bonds is 14. The number of nitrogens with zero attached hydrogens (tertiary/aromatic N) is 1. The van der Waals surface area contributed by atoms with Crippen LogP contribution in [0.5, 0.6) is 17.2 Å². The third-order valence-corrected chi connectivity index (χ3v) is 7.61. The van der Waals surface area contributed by atoms with Crippen molar-refractivity contribution in [1.82, 2.24) is 10.2 Å². The lowest BCUT2D eigenvalue weighted by Crippen LogP contribution is -2.55. The monoisotopic (exact) mass is 692 g/mol. The average molecular weight is 693 g/mol. The van der Waals surface area contributed by atoms with E-state index in [0.29, 0.717) is 45.3 Å². The summed E-state index contributed by atoms with van der Waals surface area (Å²) in [4.78, 5) is 39.5. The lowest BCUT2D eigenvalue weighted by Gasteiger charge is -2.40. The van der Waals surface area contributed by atoms with Crippen LogP contribution in [0.1, 0.15) is 35.7 Å². The number of aldehydes is 1. The lowest BCUT2D eigenvalue weighted by atomic mass is 9.87. The van der Waals surface area contributed by atoms with Gasteiger partial charge < -0.3 is 34.6 Å². The fourth-order valence-electron chi connectivity index (χ4n) is 4.67. The number of methoxy groups -OCH3 is 2. The van der Waals surface area contributed by atoms with Crippen molar-refractivity contribution in [1.29, 1.82) is 0 Å². The summed E-state index contributed by atoms with van der Waals surface area (Å²) in [7, 11) is 3.02. The van der Waals surface area contributed by atoms with E-state index >= 15 is 0 Å². The molecule has 3 atom stereocenters. The number of halogens is 1. The maximum atomic E-state index is 13.5. The summed E-state index contributed by atoms with van der Waals surface area (Å²) in [5.74, 6) is 0.533. The SMILES string of the molecule is CCC=CC(=O)N(CCc1cccc(OC)c1)[C@@H]1CC(C(=O)NCCO)=C[C@H](Oc2c(I)cc(C=O)cc2OC)[C@H]1O. The van der Waals surface area contributed by atoms with Gasteiger partial charge in [-0.2, -0.15) is 0 Å². The molecule has 0 aromatic heterocycles. The van der Waals surface area contributed by atoms with Gasteiger partial charge in [0.25, 0.3) is 0 Å². The van der Waals surface area contributed by atoms with E-state index in [0.717, 1.165) is 5.56 Å². The van der Waals surface area contributed by atoms with Gasteiger partial charge in [-0.25, -0.2) is 0 Å². The van der Waals surface area contributed by atoms with Crippen LogP contribution in [-0.2, 0) is 16.0 Å². The van der Waals surface area contributed by atoms with Gasteiger partial charge in [0.15, 0.2) is 11.5 Å². The molecule has 0 fully saturated rings. The lowest BCUT2D eigenvalue weighted by molar-refractivity contribution is -0.133. The number of ether oxygens (including phenoxy) is 3. The Morgan fingerprint density at radius 2 is 1.98 bits per heavy atom. The number of carbonyl (C=O) groups excluding carboxylic acids is 3. The molecule has 0 heterocycles. The second-order valence-electron chi connectivity index (χ2n) is 9.61. The predicted octanol–water partition coefficient (Wildman–Crippen LogP) is 3.07. The number of nitrogens with one attached hydrogen (secondary N) is 1. The third-order valence-electron chi connectivity index (χ3n) is 6.81. The number of hydrogen-bond donors (Lipinski definition) is 3. The van der Waals surface area contributed by atoms with E-state index in [1.54, 1.807) is 24.2 Å². The molecule has 3 N–H and O–H groups in total. The van der Waals surface area contributed by atoms with Crippen LogP contribution >= 0.6 is 22.6 Å². The summed E-state index contributed by atoms with van der Waals surface area (Å²) < 4.78 is 17.6. The smallest absolute Gasteiger partial charge is 0.247 e. The first-order valence-electron chi connectivity index (χ1n) is 13.6. The minimum atomic E-state index is -1.21. The predicted molar refractivity (Wildman–Crippen MR) is 166 cm³/mol. The molecule has 3 rings (SSSR count). The molecule has 0 saturated carbocycles. The van der Waals surface area contributed by atoms with Crippen molar-refractivity contribution in [3.63, 3.8) is 0 Å². The van der Waals surface area contributed by atoms with Crippen LogP contribution in [-0.4, -0.2) is 85.4 Å². The molecule has 2 amide bonds. The van der Waals surface area contributed by atoms with Gasteiger partial charge in [0, 0.05) is 30.6 Å². The van der Waals surface area contributed by atoms with Gasteiger partial charge in [-0.3, -0.25) is 14.4 Å². The Morgan fingerprint density at radius 3 is 2.64 bits per heavy atom. The standard InChI is InChI=1S/C31H37IN2O8/c1-4-5-9-28(37)34(12-10-20-7-6-8-23(14-20)40-2)25-17-22(31(39)33-11-13-35)18-26(29(25)38)42-30-24(32)15-21(19-36)16-27(30)41-3/h5-9,14-16,18-19,25-26,29,35,38H,4,10-13,17H2,1-3H3,(H,33,39)/t25-,26+,29+/m1/s1. The van der Waals surface area contributed by atoms with Crippen LogP contribution in [0.3, 0.4) is 0 Å². The van der Waals surface area contributed by atoms with Gasteiger partial charge in [0.2, 0.25) is 11.8 Å². The van der Waals surface area contributed by atoms with E-state index in [9.17, 15) is 24.6 Å². The Hall–Kier alpha value is -3.42. The normalized spacial score (nSPS) is 18.2. The van der Waals surface area contributed by atoms with Crippen LogP contribution in [0.4, 0.5) is 0 Å². The molecular formula is C31H37IN2O8. The van der Waals surface area contributed by atoms with Crippen LogP contribution < -0.4 is 19.5 Å². The zero-order valence-corrected chi connectivity index (χ0v) is 26.1. The van der Waals surface area contributed by atoms with Crippen molar-refractivity contribution in [2.75, 3.05) is 33.9 Å². The zero-order valence-electron chi connectivity index (χ0n) is 23.9. The number of hydrogen-bond acceptors (Lipinski definition) is 8. The second-order valence-corrected chi connectivity index (χ2v) is 10.8. The number of allylic oxidation sites excluding steroid dienone is 1. The highest BCUT2D eigenvalue weighted by molar-refractivity contribution is 14.1. The number of aliphatic hydroxyl groups is 2. The summed E-state index contributed by atoms with van der Waals surface area (Å²) >= 11 is 2.01. The van der Waals surface area contributed by atoms with Gasteiger partial charge in [0.1, 0.15) is 24.2 Å². The molecule has 10 nitrogen and oxygen atoms in total. The fourth-order valence-corrected chi connectivity index (χ4v) is 5.42. The van der Waals surface area contributed by atoms with Gasteiger partial charge in [-0.1, -0.05) is 25.1 Å². The highest BCUT2D eigenvalue weighted by atomic mass is 127. The van der Waals surface area contributed by atoms with Gasteiger partial charge in [0.05, 0.1) is 30.4 Å². The highest BCUT2D eigenvalue weighted by Crippen LogP contribution is 2.37. The summed E-state index contributed by atoms with van der Waals surface area (Å²) in [5.41, 5.74) is 1.64. The van der Waals surface area contributed by atoms with Crippen LogP contribution in [0.2, 0.25) is 0 Å². The van der Waals surface area contributed by atoms with Crippen molar-refractivity contribution in [3.8, 4) is 17.2 Å². The molecule has 42 heavy (non-hydrogen) atoms. The molecule has 0 saturated heterocycles.